The Morgan fingerprint density at radius 2 is 2.64 bits per heavy atom. The zero-order valence-electron chi connectivity index (χ0n) is 6.16. The molecule has 0 amide bonds. The van der Waals surface area contributed by atoms with Crippen molar-refractivity contribution in [2.24, 2.45) is 10.9 Å². The van der Waals surface area contributed by atoms with Crippen LogP contribution in [0, 0.1) is 5.92 Å². The molecule has 0 saturated carbocycles. The average Bonchev–Trinajstić information content (AvgIpc) is 2.46. The summed E-state index contributed by atoms with van der Waals surface area (Å²) in [7, 11) is 0. The first-order chi connectivity index (χ1) is 5.40. The van der Waals surface area contributed by atoms with Gasteiger partial charge in [0.25, 0.3) is 0 Å². The number of aldehydes is 1. The summed E-state index contributed by atoms with van der Waals surface area (Å²) in [6, 6.07) is 0.0212. The number of carbonyl (C=O) groups excluding carboxylic acids is 1. The fourth-order valence-corrected chi connectivity index (χ4v) is 1.59. The third-order valence-corrected chi connectivity index (χ3v) is 2.18. The molecule has 11 heavy (non-hydrogen) atoms. The minimum Gasteiger partial charge on any atom is -0.379 e. The van der Waals surface area contributed by atoms with E-state index in [0.29, 0.717) is 5.92 Å². The van der Waals surface area contributed by atoms with Crippen LogP contribution in [0.25, 0.3) is 0 Å². The summed E-state index contributed by atoms with van der Waals surface area (Å²) in [4.78, 5) is 14.6. The predicted molar refractivity (Wildman–Crippen MR) is 42.5 cm³/mol. The van der Waals surface area contributed by atoms with Crippen molar-refractivity contribution in [3.05, 3.63) is 11.8 Å². The molecule has 2 rings (SSSR count). The summed E-state index contributed by atoms with van der Waals surface area (Å²) >= 11 is 0. The molecule has 0 spiro atoms. The van der Waals surface area contributed by atoms with Crippen LogP contribution >= 0.6 is 0 Å². The molecule has 0 bridgehead atoms. The van der Waals surface area contributed by atoms with Crippen LogP contribution in [0.3, 0.4) is 0 Å². The monoisotopic (exact) mass is 150 g/mol. The van der Waals surface area contributed by atoms with Gasteiger partial charge >= 0.3 is 0 Å². The molecule has 2 unspecified atom stereocenters. The third kappa shape index (κ3) is 1.06. The van der Waals surface area contributed by atoms with Gasteiger partial charge in [0.05, 0.1) is 6.04 Å². The van der Waals surface area contributed by atoms with Gasteiger partial charge < -0.3 is 10.1 Å². The van der Waals surface area contributed by atoms with Crippen molar-refractivity contribution in [3.8, 4) is 0 Å². The largest absolute Gasteiger partial charge is 0.379 e. The van der Waals surface area contributed by atoms with Crippen molar-refractivity contribution >= 4 is 12.5 Å². The standard InChI is InChI=1S/C8H10N2O/c11-5-7-3-6-4-9-2-1-8(6)10-7/h1-2,5-7,10H,3-4H2. The molecule has 2 aliphatic rings. The van der Waals surface area contributed by atoms with E-state index in [4.69, 9.17) is 0 Å². The van der Waals surface area contributed by atoms with E-state index in [1.54, 1.807) is 6.21 Å². The number of aliphatic imine (C=N–C) groups is 1. The summed E-state index contributed by atoms with van der Waals surface area (Å²) in [5.74, 6) is 0.468. The number of rotatable bonds is 1. The van der Waals surface area contributed by atoms with Crippen LogP contribution in [-0.4, -0.2) is 25.1 Å². The minimum atomic E-state index is 0.0212. The maximum atomic E-state index is 10.4. The highest BCUT2D eigenvalue weighted by atomic mass is 16.1. The summed E-state index contributed by atoms with van der Waals surface area (Å²) in [6.45, 7) is 0.836. The lowest BCUT2D eigenvalue weighted by atomic mass is 10.0. The van der Waals surface area contributed by atoms with E-state index in [0.717, 1.165) is 19.3 Å². The molecular weight excluding hydrogens is 140 g/mol. The van der Waals surface area contributed by atoms with Crippen LogP contribution in [0.1, 0.15) is 6.42 Å². The van der Waals surface area contributed by atoms with Crippen LogP contribution in [0.5, 0.6) is 0 Å². The van der Waals surface area contributed by atoms with Gasteiger partial charge in [-0.15, -0.1) is 0 Å². The van der Waals surface area contributed by atoms with Gasteiger partial charge in [0.15, 0.2) is 0 Å². The van der Waals surface area contributed by atoms with E-state index in [2.05, 4.69) is 10.3 Å². The van der Waals surface area contributed by atoms with Gasteiger partial charge in [-0.3, -0.25) is 4.99 Å². The fourth-order valence-electron chi connectivity index (χ4n) is 1.59. The van der Waals surface area contributed by atoms with Crippen molar-refractivity contribution < 1.29 is 4.79 Å². The molecule has 2 aliphatic heterocycles. The topological polar surface area (TPSA) is 41.5 Å². The number of carbonyl (C=O) groups is 1. The van der Waals surface area contributed by atoms with Crippen molar-refractivity contribution in [1.29, 1.82) is 0 Å². The molecule has 3 nitrogen and oxygen atoms in total. The number of hydrogen-bond acceptors (Lipinski definition) is 3. The first-order valence-electron chi connectivity index (χ1n) is 3.82. The first-order valence-corrected chi connectivity index (χ1v) is 3.82. The Bertz CT molecular complexity index is 232. The number of allylic oxidation sites excluding steroid dienone is 1. The number of nitrogens with zero attached hydrogens (tertiary/aromatic N) is 1. The van der Waals surface area contributed by atoms with E-state index in [-0.39, 0.29) is 6.04 Å². The zero-order valence-corrected chi connectivity index (χ0v) is 6.16. The molecule has 1 saturated heterocycles. The van der Waals surface area contributed by atoms with E-state index < -0.39 is 0 Å². The van der Waals surface area contributed by atoms with Gasteiger partial charge in [-0.05, 0) is 12.5 Å². The van der Waals surface area contributed by atoms with E-state index in [9.17, 15) is 4.79 Å². The lowest BCUT2D eigenvalue weighted by Gasteiger charge is -2.09. The quantitative estimate of drug-likeness (QED) is 0.540. The van der Waals surface area contributed by atoms with Crippen LogP contribution in [0.2, 0.25) is 0 Å². The molecule has 0 aromatic rings. The molecule has 0 aromatic carbocycles. The van der Waals surface area contributed by atoms with Gasteiger partial charge in [-0.2, -0.15) is 0 Å². The van der Waals surface area contributed by atoms with Gasteiger partial charge in [0.1, 0.15) is 6.29 Å². The third-order valence-electron chi connectivity index (χ3n) is 2.18. The molecule has 3 heteroatoms. The van der Waals surface area contributed by atoms with Gasteiger partial charge in [0.2, 0.25) is 0 Å². The molecule has 2 atom stereocenters. The second kappa shape index (κ2) is 2.49. The van der Waals surface area contributed by atoms with Crippen molar-refractivity contribution in [2.75, 3.05) is 6.54 Å². The van der Waals surface area contributed by atoms with Crippen LogP contribution in [-0.2, 0) is 4.79 Å². The van der Waals surface area contributed by atoms with Crippen molar-refractivity contribution in [2.45, 2.75) is 12.5 Å². The highest BCUT2D eigenvalue weighted by molar-refractivity contribution is 5.74. The Labute approximate surface area is 65.2 Å². The molecule has 1 fully saturated rings. The Morgan fingerprint density at radius 1 is 1.73 bits per heavy atom. The van der Waals surface area contributed by atoms with Crippen LogP contribution in [0.4, 0.5) is 0 Å². The Hall–Kier alpha value is -1.12. The molecule has 0 aromatic heterocycles. The average molecular weight is 150 g/mol. The molecule has 1 N–H and O–H groups in total. The second-order valence-electron chi connectivity index (χ2n) is 2.96. The molecule has 0 radical (unpaired) electrons. The summed E-state index contributed by atoms with van der Waals surface area (Å²) in [5.41, 5.74) is 1.18. The van der Waals surface area contributed by atoms with Gasteiger partial charge in [0, 0.05) is 24.4 Å². The lowest BCUT2D eigenvalue weighted by Crippen LogP contribution is -2.21. The predicted octanol–water partition coefficient (Wildman–Crippen LogP) is 0.132. The summed E-state index contributed by atoms with van der Waals surface area (Å²) in [5, 5.41) is 3.14. The molecule has 0 aliphatic carbocycles. The summed E-state index contributed by atoms with van der Waals surface area (Å²) < 4.78 is 0. The van der Waals surface area contributed by atoms with Gasteiger partial charge in [-0.25, -0.2) is 0 Å². The maximum Gasteiger partial charge on any atom is 0.142 e. The first kappa shape index (κ1) is 6.58. The number of fused-ring (bicyclic) bond motifs is 1. The van der Waals surface area contributed by atoms with Crippen LogP contribution in [0.15, 0.2) is 16.8 Å². The molecule has 58 valence electrons. The van der Waals surface area contributed by atoms with E-state index in [1.165, 1.54) is 5.70 Å². The Balaban J connectivity index is 2.14. The fraction of sp³-hybridized carbons (Fsp3) is 0.500. The van der Waals surface area contributed by atoms with Gasteiger partial charge in [-0.1, -0.05) is 0 Å². The summed E-state index contributed by atoms with van der Waals surface area (Å²) in [6.07, 6.45) is 5.63. The zero-order chi connectivity index (χ0) is 7.68. The van der Waals surface area contributed by atoms with Crippen LogP contribution < -0.4 is 5.32 Å². The molecular formula is C8H10N2O. The minimum absolute atomic E-state index is 0.0212. The van der Waals surface area contributed by atoms with E-state index in [1.807, 2.05) is 6.08 Å². The number of dihydropyridines is 1. The highest BCUT2D eigenvalue weighted by Crippen LogP contribution is 2.24. The lowest BCUT2D eigenvalue weighted by molar-refractivity contribution is -0.109. The number of nitrogens with one attached hydrogen (secondary N) is 1. The SMILES string of the molecule is O=CC1CC2CN=CC=C2N1. The molecule has 2 heterocycles. The Morgan fingerprint density at radius 3 is 3.36 bits per heavy atom. The van der Waals surface area contributed by atoms with Crippen molar-refractivity contribution in [1.82, 2.24) is 5.32 Å². The van der Waals surface area contributed by atoms with E-state index >= 15 is 0 Å². The maximum absolute atomic E-state index is 10.4. The highest BCUT2D eigenvalue weighted by Gasteiger charge is 2.28. The Kier molecular flexibility index (Phi) is 1.49. The number of hydrogen-bond donors (Lipinski definition) is 1. The van der Waals surface area contributed by atoms with Crippen molar-refractivity contribution in [3.63, 3.8) is 0 Å². The smallest absolute Gasteiger partial charge is 0.142 e. The normalized spacial score (nSPS) is 34.0. The second-order valence-corrected chi connectivity index (χ2v) is 2.96.